The molecule has 1 spiro atoms. The molecule has 1 saturated heterocycles. The summed E-state index contributed by atoms with van der Waals surface area (Å²) in [6, 6.07) is 3.88. The highest BCUT2D eigenvalue weighted by Gasteiger charge is 2.72. The lowest BCUT2D eigenvalue weighted by Crippen LogP contribution is -2.23. The van der Waals surface area contributed by atoms with Crippen LogP contribution in [0.4, 0.5) is 14.6 Å². The number of aryl methyl sites for hydroxylation is 1. The molecule has 0 bridgehead atoms. The third-order valence-electron chi connectivity index (χ3n) is 3.79. The van der Waals surface area contributed by atoms with E-state index < -0.39 is 11.3 Å². The van der Waals surface area contributed by atoms with Gasteiger partial charge in [-0.25, -0.2) is 13.8 Å². The normalized spacial score (nSPS) is 31.1. The van der Waals surface area contributed by atoms with Gasteiger partial charge in [0.05, 0.1) is 5.41 Å². The molecule has 2 aliphatic rings. The summed E-state index contributed by atoms with van der Waals surface area (Å²) in [5.74, 6) is -1.61. The maximum atomic E-state index is 13.2. The molecule has 16 heavy (non-hydrogen) atoms. The summed E-state index contributed by atoms with van der Waals surface area (Å²) in [6.07, 6.45) is 2.39. The summed E-state index contributed by atoms with van der Waals surface area (Å²) in [7, 11) is 0. The molecule has 1 saturated carbocycles. The van der Waals surface area contributed by atoms with Gasteiger partial charge in [-0.05, 0) is 31.0 Å². The molecule has 1 aliphatic heterocycles. The molecule has 4 heteroatoms. The molecule has 3 rings (SSSR count). The molecule has 0 radical (unpaired) electrons. The smallest absolute Gasteiger partial charge is 0.256 e. The van der Waals surface area contributed by atoms with Crippen molar-refractivity contribution in [3.05, 3.63) is 23.9 Å². The zero-order valence-corrected chi connectivity index (χ0v) is 9.21. The summed E-state index contributed by atoms with van der Waals surface area (Å²) < 4.78 is 26.4. The van der Waals surface area contributed by atoms with Gasteiger partial charge in [-0.1, -0.05) is 0 Å². The second kappa shape index (κ2) is 2.93. The van der Waals surface area contributed by atoms with E-state index in [0.717, 1.165) is 11.4 Å². The minimum Gasteiger partial charge on any atom is -0.356 e. The van der Waals surface area contributed by atoms with E-state index in [1.165, 1.54) is 0 Å². The Balaban J connectivity index is 1.80. The fourth-order valence-electron chi connectivity index (χ4n) is 2.58. The van der Waals surface area contributed by atoms with Crippen molar-refractivity contribution in [2.75, 3.05) is 18.0 Å². The van der Waals surface area contributed by atoms with Crippen molar-refractivity contribution in [2.45, 2.75) is 25.7 Å². The number of halogens is 2. The van der Waals surface area contributed by atoms with Crippen LogP contribution in [0.25, 0.3) is 0 Å². The first-order valence-electron chi connectivity index (χ1n) is 5.58. The Morgan fingerprint density at radius 2 is 2.19 bits per heavy atom. The predicted molar refractivity (Wildman–Crippen MR) is 57.8 cm³/mol. The Bertz CT molecular complexity index is 433. The first kappa shape index (κ1) is 10.00. The molecule has 1 aliphatic carbocycles. The van der Waals surface area contributed by atoms with Crippen LogP contribution in [-0.4, -0.2) is 24.0 Å². The summed E-state index contributed by atoms with van der Waals surface area (Å²) in [4.78, 5) is 6.22. The van der Waals surface area contributed by atoms with Gasteiger partial charge in [-0.3, -0.25) is 0 Å². The van der Waals surface area contributed by atoms with Crippen LogP contribution in [0.2, 0.25) is 0 Å². The molecule has 1 atom stereocenters. The van der Waals surface area contributed by atoms with Gasteiger partial charge in [0.2, 0.25) is 0 Å². The van der Waals surface area contributed by atoms with Crippen molar-refractivity contribution in [1.29, 1.82) is 0 Å². The topological polar surface area (TPSA) is 16.1 Å². The average molecular weight is 224 g/mol. The molecule has 86 valence electrons. The van der Waals surface area contributed by atoms with E-state index in [0.29, 0.717) is 19.5 Å². The number of anilines is 1. The number of alkyl halides is 2. The lowest BCUT2D eigenvalue weighted by molar-refractivity contribution is 0.0711. The third-order valence-corrected chi connectivity index (χ3v) is 3.79. The first-order chi connectivity index (χ1) is 7.52. The highest BCUT2D eigenvalue weighted by molar-refractivity contribution is 5.44. The Morgan fingerprint density at radius 3 is 2.75 bits per heavy atom. The maximum absolute atomic E-state index is 13.2. The van der Waals surface area contributed by atoms with Crippen molar-refractivity contribution in [3.63, 3.8) is 0 Å². The minimum atomic E-state index is -2.44. The summed E-state index contributed by atoms with van der Waals surface area (Å²) >= 11 is 0. The van der Waals surface area contributed by atoms with Crippen LogP contribution in [0.15, 0.2) is 18.3 Å². The van der Waals surface area contributed by atoms with Gasteiger partial charge < -0.3 is 4.90 Å². The quantitative estimate of drug-likeness (QED) is 0.729. The lowest BCUT2D eigenvalue weighted by Gasteiger charge is -2.17. The Hall–Kier alpha value is -1.19. The number of aromatic nitrogens is 1. The molecule has 1 aromatic heterocycles. The molecule has 0 N–H and O–H groups in total. The van der Waals surface area contributed by atoms with Crippen LogP contribution < -0.4 is 4.90 Å². The highest BCUT2D eigenvalue weighted by atomic mass is 19.3. The van der Waals surface area contributed by atoms with E-state index in [2.05, 4.69) is 4.98 Å². The number of pyridine rings is 1. The van der Waals surface area contributed by atoms with Crippen LogP contribution in [-0.2, 0) is 0 Å². The number of hydrogen-bond acceptors (Lipinski definition) is 2. The van der Waals surface area contributed by atoms with E-state index in [4.69, 9.17) is 0 Å². The van der Waals surface area contributed by atoms with Crippen LogP contribution in [0.5, 0.6) is 0 Å². The monoisotopic (exact) mass is 224 g/mol. The number of hydrogen-bond donors (Lipinski definition) is 0. The van der Waals surface area contributed by atoms with Gasteiger partial charge in [-0.2, -0.15) is 0 Å². The molecule has 2 nitrogen and oxygen atoms in total. The van der Waals surface area contributed by atoms with Gasteiger partial charge in [0.25, 0.3) is 5.92 Å². The second-order valence-electron chi connectivity index (χ2n) is 5.02. The molecule has 0 aromatic carbocycles. The summed E-state index contributed by atoms with van der Waals surface area (Å²) in [5, 5.41) is 0. The zero-order chi connectivity index (χ0) is 11.4. The van der Waals surface area contributed by atoms with Crippen LogP contribution in [0.3, 0.4) is 0 Å². The van der Waals surface area contributed by atoms with Gasteiger partial charge >= 0.3 is 0 Å². The molecular formula is C12H14F2N2. The number of nitrogens with zero attached hydrogens (tertiary/aromatic N) is 2. The van der Waals surface area contributed by atoms with Crippen LogP contribution in [0, 0.1) is 12.3 Å². The molecule has 1 aromatic rings. The molecule has 2 fully saturated rings. The van der Waals surface area contributed by atoms with Crippen molar-refractivity contribution in [3.8, 4) is 0 Å². The Morgan fingerprint density at radius 1 is 1.44 bits per heavy atom. The van der Waals surface area contributed by atoms with Gasteiger partial charge in [0.1, 0.15) is 5.82 Å². The van der Waals surface area contributed by atoms with Crippen LogP contribution >= 0.6 is 0 Å². The molecular weight excluding hydrogens is 210 g/mol. The minimum absolute atomic E-state index is 0.0579. The second-order valence-corrected chi connectivity index (χ2v) is 5.02. The fourth-order valence-corrected chi connectivity index (χ4v) is 2.58. The van der Waals surface area contributed by atoms with E-state index in [1.54, 1.807) is 6.20 Å². The molecule has 1 unspecified atom stereocenters. The summed E-state index contributed by atoms with van der Waals surface area (Å²) in [6.45, 7) is 3.14. The van der Waals surface area contributed by atoms with Crippen molar-refractivity contribution in [2.24, 2.45) is 5.41 Å². The largest absolute Gasteiger partial charge is 0.356 e. The van der Waals surface area contributed by atoms with E-state index in [-0.39, 0.29) is 6.42 Å². The van der Waals surface area contributed by atoms with Gasteiger partial charge in [0, 0.05) is 25.7 Å². The zero-order valence-electron chi connectivity index (χ0n) is 9.21. The van der Waals surface area contributed by atoms with E-state index >= 15 is 0 Å². The van der Waals surface area contributed by atoms with Crippen LogP contribution in [0.1, 0.15) is 18.4 Å². The SMILES string of the molecule is Cc1ccnc(N2CCC3(C2)CC3(F)F)c1. The Labute approximate surface area is 93.3 Å². The lowest BCUT2D eigenvalue weighted by atomic mass is 10.1. The molecule has 0 amide bonds. The standard InChI is InChI=1S/C12H14F2N2/c1-9-2-4-15-10(6-9)16-5-3-11(8-16)7-12(11,13)14/h2,4,6H,3,5,7-8H2,1H3. The summed E-state index contributed by atoms with van der Waals surface area (Å²) in [5.41, 5.74) is 0.381. The highest BCUT2D eigenvalue weighted by Crippen LogP contribution is 2.65. The van der Waals surface area contributed by atoms with Gasteiger partial charge in [-0.15, -0.1) is 0 Å². The fraction of sp³-hybridized carbons (Fsp3) is 0.583. The van der Waals surface area contributed by atoms with E-state index in [1.807, 2.05) is 24.0 Å². The maximum Gasteiger partial charge on any atom is 0.256 e. The predicted octanol–water partition coefficient (Wildman–Crippen LogP) is 2.63. The van der Waals surface area contributed by atoms with Crippen molar-refractivity contribution in [1.82, 2.24) is 4.98 Å². The van der Waals surface area contributed by atoms with Crippen molar-refractivity contribution < 1.29 is 8.78 Å². The molecule has 2 heterocycles. The van der Waals surface area contributed by atoms with E-state index in [9.17, 15) is 8.78 Å². The average Bonchev–Trinajstić information content (AvgIpc) is 2.60. The first-order valence-corrected chi connectivity index (χ1v) is 5.58. The third kappa shape index (κ3) is 1.32. The van der Waals surface area contributed by atoms with Crippen molar-refractivity contribution >= 4 is 5.82 Å². The number of rotatable bonds is 1. The van der Waals surface area contributed by atoms with Gasteiger partial charge in [0.15, 0.2) is 0 Å². The Kier molecular flexibility index (Phi) is 1.83.